The first kappa shape index (κ1) is 17.5. The standard InChI is InChI=1S/C19H16N2O5/c1-3-26-14-7-4-12(5-8-14)20-18-15-9-6-13(21(24)25)10-16(15)19(23)17(18)11(2)22/h4-10,17H,3H2,1-2H3. The van der Waals surface area contributed by atoms with Gasteiger partial charge in [-0.15, -0.1) is 0 Å². The summed E-state index contributed by atoms with van der Waals surface area (Å²) in [5.74, 6) is -1.16. The normalized spacial score (nSPS) is 17.2. The lowest BCUT2D eigenvalue weighted by Gasteiger charge is -2.07. The SMILES string of the molecule is CCOc1ccc(N=C2c3ccc([N+](=O)[O-])cc3C(=O)C2C(C)=O)cc1. The number of Topliss-reactive ketones (excluding diaryl/α,β-unsaturated/α-hetero) is 2. The van der Waals surface area contributed by atoms with E-state index in [1.165, 1.54) is 25.1 Å². The second-order valence-corrected chi connectivity index (χ2v) is 5.82. The number of carbonyl (C=O) groups is 2. The van der Waals surface area contributed by atoms with Crippen molar-refractivity contribution in [3.05, 3.63) is 63.7 Å². The van der Waals surface area contributed by atoms with Gasteiger partial charge in [-0.1, -0.05) is 0 Å². The average Bonchev–Trinajstić information content (AvgIpc) is 2.88. The molecule has 0 aromatic heterocycles. The van der Waals surface area contributed by atoms with Crippen molar-refractivity contribution >= 4 is 28.7 Å². The Morgan fingerprint density at radius 1 is 1.19 bits per heavy atom. The highest BCUT2D eigenvalue weighted by atomic mass is 16.6. The number of carbonyl (C=O) groups excluding carboxylic acids is 2. The van der Waals surface area contributed by atoms with Gasteiger partial charge in [-0.25, -0.2) is 0 Å². The number of nitro benzene ring substituents is 1. The number of hydrogen-bond acceptors (Lipinski definition) is 6. The Morgan fingerprint density at radius 2 is 1.88 bits per heavy atom. The number of aliphatic imine (C=N–C) groups is 1. The predicted molar refractivity (Wildman–Crippen MR) is 95.4 cm³/mol. The van der Waals surface area contributed by atoms with Crippen LogP contribution in [0.2, 0.25) is 0 Å². The number of nitrogens with zero attached hydrogens (tertiary/aromatic N) is 2. The minimum Gasteiger partial charge on any atom is -0.494 e. The van der Waals surface area contributed by atoms with Crippen LogP contribution >= 0.6 is 0 Å². The molecule has 0 N–H and O–H groups in total. The fourth-order valence-electron chi connectivity index (χ4n) is 2.93. The Bertz CT molecular complexity index is 931. The van der Waals surface area contributed by atoms with Crippen molar-refractivity contribution in [1.29, 1.82) is 0 Å². The summed E-state index contributed by atoms with van der Waals surface area (Å²) >= 11 is 0. The fraction of sp³-hybridized carbons (Fsp3) is 0.211. The summed E-state index contributed by atoms with van der Waals surface area (Å²) in [4.78, 5) is 39.5. The van der Waals surface area contributed by atoms with Crippen molar-refractivity contribution in [3.63, 3.8) is 0 Å². The lowest BCUT2D eigenvalue weighted by Crippen LogP contribution is -2.23. The second kappa shape index (κ2) is 6.87. The van der Waals surface area contributed by atoms with E-state index in [0.29, 0.717) is 29.3 Å². The first-order chi connectivity index (χ1) is 12.4. The smallest absolute Gasteiger partial charge is 0.270 e. The third-order valence-electron chi connectivity index (χ3n) is 4.09. The molecule has 0 saturated heterocycles. The zero-order chi connectivity index (χ0) is 18.8. The van der Waals surface area contributed by atoms with Crippen LogP contribution in [0.25, 0.3) is 0 Å². The van der Waals surface area contributed by atoms with Crippen molar-refractivity contribution in [2.24, 2.45) is 10.9 Å². The van der Waals surface area contributed by atoms with E-state index in [2.05, 4.69) is 4.99 Å². The molecule has 0 radical (unpaired) electrons. The largest absolute Gasteiger partial charge is 0.494 e. The Hall–Kier alpha value is -3.35. The third kappa shape index (κ3) is 3.11. The molecule has 7 heteroatoms. The van der Waals surface area contributed by atoms with Crippen molar-refractivity contribution in [2.45, 2.75) is 13.8 Å². The Balaban J connectivity index is 2.08. The highest BCUT2D eigenvalue weighted by molar-refractivity contribution is 6.37. The first-order valence-electron chi connectivity index (χ1n) is 8.07. The molecule has 1 unspecified atom stereocenters. The molecule has 2 aromatic rings. The van der Waals surface area contributed by atoms with Crippen molar-refractivity contribution in [1.82, 2.24) is 0 Å². The van der Waals surface area contributed by atoms with Crippen LogP contribution in [-0.4, -0.2) is 28.8 Å². The van der Waals surface area contributed by atoms with Gasteiger partial charge in [0.05, 0.1) is 22.9 Å². The molecule has 0 saturated carbocycles. The van der Waals surface area contributed by atoms with Crippen LogP contribution in [-0.2, 0) is 4.79 Å². The number of fused-ring (bicyclic) bond motifs is 1. The molecule has 1 atom stereocenters. The molecule has 132 valence electrons. The minimum absolute atomic E-state index is 0.157. The van der Waals surface area contributed by atoms with E-state index in [9.17, 15) is 19.7 Å². The van der Waals surface area contributed by atoms with Crippen molar-refractivity contribution < 1.29 is 19.2 Å². The van der Waals surface area contributed by atoms with Crippen LogP contribution in [0, 0.1) is 16.0 Å². The van der Waals surface area contributed by atoms with Crippen LogP contribution in [0.4, 0.5) is 11.4 Å². The van der Waals surface area contributed by atoms with Crippen LogP contribution in [0.1, 0.15) is 29.8 Å². The third-order valence-corrected chi connectivity index (χ3v) is 4.09. The summed E-state index contributed by atoms with van der Waals surface area (Å²) in [6.45, 7) is 3.74. The number of benzene rings is 2. The average molecular weight is 352 g/mol. The molecule has 3 rings (SSSR count). The Labute approximate surface area is 149 Å². The molecule has 7 nitrogen and oxygen atoms in total. The minimum atomic E-state index is -1.04. The maximum Gasteiger partial charge on any atom is 0.270 e. The van der Waals surface area contributed by atoms with Gasteiger partial charge in [0.15, 0.2) is 5.78 Å². The van der Waals surface area contributed by atoms with Gasteiger partial charge < -0.3 is 4.74 Å². The van der Waals surface area contributed by atoms with Crippen molar-refractivity contribution in [3.8, 4) is 5.75 Å². The van der Waals surface area contributed by atoms with Crippen LogP contribution < -0.4 is 4.74 Å². The van der Waals surface area contributed by atoms with E-state index in [-0.39, 0.29) is 17.0 Å². The Kier molecular flexibility index (Phi) is 4.62. The monoisotopic (exact) mass is 352 g/mol. The number of ketones is 2. The quantitative estimate of drug-likeness (QED) is 0.466. The zero-order valence-corrected chi connectivity index (χ0v) is 14.3. The number of non-ortho nitro benzene ring substituents is 1. The van der Waals surface area contributed by atoms with Gasteiger partial charge in [-0.3, -0.25) is 24.7 Å². The van der Waals surface area contributed by atoms with Crippen LogP contribution in [0.15, 0.2) is 47.5 Å². The van der Waals surface area contributed by atoms with Crippen LogP contribution in [0.5, 0.6) is 5.75 Å². The maximum absolute atomic E-state index is 12.6. The predicted octanol–water partition coefficient (Wildman–Crippen LogP) is 3.52. The molecule has 1 aliphatic rings. The zero-order valence-electron chi connectivity index (χ0n) is 14.3. The number of rotatable bonds is 5. The van der Waals surface area contributed by atoms with Crippen molar-refractivity contribution in [2.75, 3.05) is 6.61 Å². The molecule has 0 fully saturated rings. The van der Waals surface area contributed by atoms with E-state index in [4.69, 9.17) is 4.74 Å². The molecular formula is C19H16N2O5. The molecule has 0 spiro atoms. The van der Waals surface area contributed by atoms with Gasteiger partial charge in [-0.2, -0.15) is 0 Å². The highest BCUT2D eigenvalue weighted by Gasteiger charge is 2.40. The molecule has 0 bridgehead atoms. The molecular weight excluding hydrogens is 336 g/mol. The van der Waals surface area contributed by atoms with Crippen LogP contribution in [0.3, 0.4) is 0 Å². The molecule has 1 aliphatic carbocycles. The summed E-state index contributed by atoms with van der Waals surface area (Å²) in [6, 6.07) is 10.9. The summed E-state index contributed by atoms with van der Waals surface area (Å²) in [5.41, 5.74) is 1.30. The van der Waals surface area contributed by atoms with Gasteiger partial charge >= 0.3 is 0 Å². The van der Waals surface area contributed by atoms with E-state index in [0.717, 1.165) is 0 Å². The van der Waals surface area contributed by atoms with Gasteiger partial charge in [0.1, 0.15) is 17.5 Å². The van der Waals surface area contributed by atoms with E-state index >= 15 is 0 Å². The van der Waals surface area contributed by atoms with Gasteiger partial charge in [0.2, 0.25) is 0 Å². The van der Waals surface area contributed by atoms with Gasteiger partial charge in [0, 0.05) is 23.3 Å². The lowest BCUT2D eigenvalue weighted by atomic mass is 9.99. The number of ether oxygens (including phenoxy) is 1. The fourth-order valence-corrected chi connectivity index (χ4v) is 2.93. The summed E-state index contributed by atoms with van der Waals surface area (Å²) < 4.78 is 5.38. The summed E-state index contributed by atoms with van der Waals surface area (Å²) in [6.07, 6.45) is 0. The molecule has 0 aliphatic heterocycles. The van der Waals surface area contributed by atoms with Gasteiger partial charge in [0.25, 0.3) is 5.69 Å². The maximum atomic E-state index is 12.6. The lowest BCUT2D eigenvalue weighted by molar-refractivity contribution is -0.384. The highest BCUT2D eigenvalue weighted by Crippen LogP contribution is 2.33. The number of nitro groups is 1. The van der Waals surface area contributed by atoms with Gasteiger partial charge in [-0.05, 0) is 44.2 Å². The Morgan fingerprint density at radius 3 is 2.46 bits per heavy atom. The topological polar surface area (TPSA) is 98.9 Å². The molecule has 26 heavy (non-hydrogen) atoms. The summed E-state index contributed by atoms with van der Waals surface area (Å²) in [7, 11) is 0. The number of hydrogen-bond donors (Lipinski definition) is 0. The molecule has 2 aromatic carbocycles. The van der Waals surface area contributed by atoms with E-state index < -0.39 is 16.6 Å². The first-order valence-corrected chi connectivity index (χ1v) is 8.07. The summed E-state index contributed by atoms with van der Waals surface area (Å²) in [5, 5.41) is 11.0. The van der Waals surface area contributed by atoms with E-state index in [1.807, 2.05) is 6.92 Å². The second-order valence-electron chi connectivity index (χ2n) is 5.82. The molecule has 0 heterocycles. The molecule has 0 amide bonds. The van der Waals surface area contributed by atoms with E-state index in [1.54, 1.807) is 24.3 Å².